The molecule has 0 bridgehead atoms. The normalized spacial score (nSPS) is 13.6. The summed E-state index contributed by atoms with van der Waals surface area (Å²) in [5.74, 6) is -3.66. The summed E-state index contributed by atoms with van der Waals surface area (Å²) in [6.45, 7) is 7.43. The van der Waals surface area contributed by atoms with E-state index in [1.165, 1.54) is 0 Å². The zero-order chi connectivity index (χ0) is 16.0. The van der Waals surface area contributed by atoms with E-state index in [4.69, 9.17) is 9.47 Å². The van der Waals surface area contributed by atoms with E-state index < -0.39 is 36.0 Å². The standard InChI is InChI=1S/C13H23F2NO4/c1-6-19-10(17)9(7-8-13(5,14)15)16-11(18)20-12(2,3)4/h9H,6-8H2,1-5H3,(H,16,18)/t9-/m0/s1. The van der Waals surface area contributed by atoms with Gasteiger partial charge in [0.1, 0.15) is 11.6 Å². The van der Waals surface area contributed by atoms with E-state index in [0.717, 1.165) is 6.92 Å². The first kappa shape index (κ1) is 18.6. The fourth-order valence-corrected chi connectivity index (χ4v) is 1.34. The molecule has 0 aliphatic carbocycles. The van der Waals surface area contributed by atoms with Crippen molar-refractivity contribution in [2.45, 2.75) is 65.0 Å². The lowest BCUT2D eigenvalue weighted by molar-refractivity contribution is -0.146. The van der Waals surface area contributed by atoms with E-state index in [0.29, 0.717) is 0 Å². The summed E-state index contributed by atoms with van der Waals surface area (Å²) in [6.07, 6.45) is -1.59. The maximum absolute atomic E-state index is 12.8. The maximum atomic E-state index is 12.8. The number of amides is 1. The van der Waals surface area contributed by atoms with Crippen LogP contribution >= 0.6 is 0 Å². The first-order valence-corrected chi connectivity index (χ1v) is 6.48. The zero-order valence-electron chi connectivity index (χ0n) is 12.6. The van der Waals surface area contributed by atoms with Crippen LogP contribution in [0.3, 0.4) is 0 Å². The van der Waals surface area contributed by atoms with E-state index in [2.05, 4.69) is 5.32 Å². The summed E-state index contributed by atoms with van der Waals surface area (Å²) in [6, 6.07) is -1.14. The predicted molar refractivity (Wildman–Crippen MR) is 69.6 cm³/mol. The summed E-state index contributed by atoms with van der Waals surface area (Å²) in [4.78, 5) is 23.2. The number of halogens is 2. The molecule has 0 aliphatic heterocycles. The van der Waals surface area contributed by atoms with Crippen molar-refractivity contribution in [3.63, 3.8) is 0 Å². The van der Waals surface area contributed by atoms with Crippen molar-refractivity contribution >= 4 is 12.1 Å². The predicted octanol–water partition coefficient (Wildman–Crippen LogP) is 2.88. The molecule has 20 heavy (non-hydrogen) atoms. The van der Waals surface area contributed by atoms with Crippen LogP contribution in [0.4, 0.5) is 13.6 Å². The van der Waals surface area contributed by atoms with Gasteiger partial charge in [-0.2, -0.15) is 0 Å². The van der Waals surface area contributed by atoms with Gasteiger partial charge in [0.2, 0.25) is 5.92 Å². The molecule has 118 valence electrons. The Kier molecular flexibility index (Phi) is 6.88. The second-order valence-corrected chi connectivity index (χ2v) is 5.56. The van der Waals surface area contributed by atoms with Gasteiger partial charge in [-0.05, 0) is 41.0 Å². The maximum Gasteiger partial charge on any atom is 0.408 e. The second kappa shape index (κ2) is 7.40. The highest BCUT2D eigenvalue weighted by molar-refractivity contribution is 5.81. The summed E-state index contributed by atoms with van der Waals surface area (Å²) >= 11 is 0. The lowest BCUT2D eigenvalue weighted by Crippen LogP contribution is -2.44. The average Bonchev–Trinajstić information content (AvgIpc) is 2.20. The molecule has 1 N–H and O–H groups in total. The summed E-state index contributed by atoms with van der Waals surface area (Å²) in [5.41, 5.74) is -0.738. The van der Waals surface area contributed by atoms with Gasteiger partial charge in [0, 0.05) is 6.42 Å². The molecule has 1 atom stereocenters. The van der Waals surface area contributed by atoms with Gasteiger partial charge >= 0.3 is 12.1 Å². The van der Waals surface area contributed by atoms with Crippen LogP contribution in [0.1, 0.15) is 47.5 Å². The molecule has 0 aromatic rings. The van der Waals surface area contributed by atoms with Crippen LogP contribution in [0, 0.1) is 0 Å². The Morgan fingerprint density at radius 3 is 2.15 bits per heavy atom. The van der Waals surface area contributed by atoms with Crippen LogP contribution in [0.25, 0.3) is 0 Å². The van der Waals surface area contributed by atoms with Gasteiger partial charge in [0.05, 0.1) is 6.61 Å². The van der Waals surface area contributed by atoms with Crippen LogP contribution in [-0.2, 0) is 14.3 Å². The summed E-state index contributed by atoms with van der Waals surface area (Å²) in [7, 11) is 0. The van der Waals surface area contributed by atoms with Crippen molar-refractivity contribution in [1.82, 2.24) is 5.32 Å². The van der Waals surface area contributed by atoms with Crippen molar-refractivity contribution in [2.24, 2.45) is 0 Å². The van der Waals surface area contributed by atoms with Gasteiger partial charge < -0.3 is 14.8 Å². The molecule has 0 heterocycles. The Labute approximate surface area is 118 Å². The first-order chi connectivity index (χ1) is 8.94. The third-order valence-corrected chi connectivity index (χ3v) is 2.13. The van der Waals surface area contributed by atoms with E-state index in [9.17, 15) is 18.4 Å². The highest BCUT2D eigenvalue weighted by Crippen LogP contribution is 2.20. The number of nitrogens with one attached hydrogen (secondary N) is 1. The molecule has 7 heteroatoms. The molecule has 0 aromatic heterocycles. The molecule has 0 rings (SSSR count). The largest absolute Gasteiger partial charge is 0.464 e. The molecule has 0 radical (unpaired) electrons. The minimum Gasteiger partial charge on any atom is -0.464 e. The van der Waals surface area contributed by atoms with Gasteiger partial charge in [0.25, 0.3) is 0 Å². The number of hydrogen-bond donors (Lipinski definition) is 1. The average molecular weight is 295 g/mol. The van der Waals surface area contributed by atoms with E-state index in [1.807, 2.05) is 0 Å². The zero-order valence-corrected chi connectivity index (χ0v) is 12.6. The van der Waals surface area contributed by atoms with Gasteiger partial charge in [-0.3, -0.25) is 0 Å². The third-order valence-electron chi connectivity index (χ3n) is 2.13. The molecular formula is C13H23F2NO4. The molecule has 0 saturated heterocycles. The smallest absolute Gasteiger partial charge is 0.408 e. The first-order valence-electron chi connectivity index (χ1n) is 6.48. The van der Waals surface area contributed by atoms with Crippen molar-refractivity contribution in [3.8, 4) is 0 Å². The van der Waals surface area contributed by atoms with Crippen LogP contribution in [0.15, 0.2) is 0 Å². The fraction of sp³-hybridized carbons (Fsp3) is 0.846. The minimum atomic E-state index is -2.92. The van der Waals surface area contributed by atoms with Gasteiger partial charge in [0.15, 0.2) is 0 Å². The molecule has 1 amide bonds. The number of alkyl halides is 2. The van der Waals surface area contributed by atoms with E-state index in [-0.39, 0.29) is 13.0 Å². The van der Waals surface area contributed by atoms with Crippen LogP contribution < -0.4 is 5.32 Å². The number of alkyl carbamates (subject to hydrolysis) is 1. The fourth-order valence-electron chi connectivity index (χ4n) is 1.34. The SMILES string of the molecule is CCOC(=O)[C@H](CCC(C)(F)F)NC(=O)OC(C)(C)C. The Hall–Kier alpha value is -1.40. The minimum absolute atomic E-state index is 0.105. The van der Waals surface area contributed by atoms with Crippen LogP contribution in [0.2, 0.25) is 0 Å². The van der Waals surface area contributed by atoms with Gasteiger partial charge in [-0.15, -0.1) is 0 Å². The number of hydrogen-bond acceptors (Lipinski definition) is 4. The highest BCUT2D eigenvalue weighted by Gasteiger charge is 2.29. The monoisotopic (exact) mass is 295 g/mol. The van der Waals surface area contributed by atoms with E-state index in [1.54, 1.807) is 27.7 Å². The molecular weight excluding hydrogens is 272 g/mol. The lowest BCUT2D eigenvalue weighted by Gasteiger charge is -2.23. The molecule has 0 unspecified atom stereocenters. The molecule has 0 spiro atoms. The Balaban J connectivity index is 4.61. The summed E-state index contributed by atoms with van der Waals surface area (Å²) < 4.78 is 35.4. The van der Waals surface area contributed by atoms with Crippen LogP contribution in [-0.4, -0.2) is 36.2 Å². The molecule has 0 aliphatic rings. The van der Waals surface area contributed by atoms with Crippen molar-refractivity contribution in [2.75, 3.05) is 6.61 Å². The number of rotatable bonds is 6. The third kappa shape index (κ3) is 9.52. The quantitative estimate of drug-likeness (QED) is 0.765. The Morgan fingerprint density at radius 1 is 1.20 bits per heavy atom. The number of carbonyl (C=O) groups excluding carboxylic acids is 2. The molecule has 0 aromatic carbocycles. The topological polar surface area (TPSA) is 64.6 Å². The Bertz CT molecular complexity index is 334. The summed E-state index contributed by atoms with van der Waals surface area (Å²) in [5, 5.41) is 2.26. The highest BCUT2D eigenvalue weighted by atomic mass is 19.3. The van der Waals surface area contributed by atoms with Crippen LogP contribution in [0.5, 0.6) is 0 Å². The van der Waals surface area contributed by atoms with Crippen molar-refractivity contribution < 1.29 is 27.8 Å². The molecule has 5 nitrogen and oxygen atoms in total. The molecule has 0 fully saturated rings. The van der Waals surface area contributed by atoms with Crippen molar-refractivity contribution in [3.05, 3.63) is 0 Å². The van der Waals surface area contributed by atoms with Gasteiger partial charge in [-0.1, -0.05) is 0 Å². The number of ether oxygens (including phenoxy) is 2. The van der Waals surface area contributed by atoms with E-state index >= 15 is 0 Å². The number of carbonyl (C=O) groups is 2. The molecule has 0 saturated carbocycles. The van der Waals surface area contributed by atoms with Gasteiger partial charge in [-0.25, -0.2) is 18.4 Å². The number of esters is 1. The Morgan fingerprint density at radius 2 is 1.75 bits per heavy atom. The van der Waals surface area contributed by atoms with Crippen molar-refractivity contribution in [1.29, 1.82) is 0 Å². The lowest BCUT2D eigenvalue weighted by atomic mass is 10.1. The second-order valence-electron chi connectivity index (χ2n) is 5.56.